The number of hydrogen-bond acceptors (Lipinski definition) is 4. The highest BCUT2D eigenvalue weighted by Gasteiger charge is 2.30. The van der Waals surface area contributed by atoms with Crippen LogP contribution < -0.4 is 0 Å². The molecule has 3 aromatic rings. The van der Waals surface area contributed by atoms with E-state index in [2.05, 4.69) is 5.16 Å². The molecule has 0 aliphatic heterocycles. The molecule has 0 fully saturated rings. The van der Waals surface area contributed by atoms with Gasteiger partial charge in [0, 0.05) is 28.4 Å². The smallest absolute Gasteiger partial charge is 0.377 e. The van der Waals surface area contributed by atoms with Gasteiger partial charge in [-0.3, -0.25) is 0 Å². The van der Waals surface area contributed by atoms with Crippen molar-refractivity contribution in [3.63, 3.8) is 0 Å². The zero-order chi connectivity index (χ0) is 20.1. The summed E-state index contributed by atoms with van der Waals surface area (Å²) in [4.78, 5) is 0.476. The number of nitrogens with zero attached hydrogens (tertiary/aromatic N) is 1. The second kappa shape index (κ2) is 8.79. The lowest BCUT2D eigenvalue weighted by atomic mass is 10.1. The van der Waals surface area contributed by atoms with Crippen molar-refractivity contribution in [3.05, 3.63) is 71.2 Å². The molecule has 28 heavy (non-hydrogen) atoms. The van der Waals surface area contributed by atoms with Crippen LogP contribution in [-0.4, -0.2) is 11.8 Å². The Morgan fingerprint density at radius 1 is 1.07 bits per heavy atom. The summed E-state index contributed by atoms with van der Waals surface area (Å²) in [7, 11) is 0. The van der Waals surface area contributed by atoms with Gasteiger partial charge in [0.1, 0.15) is 5.82 Å². The summed E-state index contributed by atoms with van der Waals surface area (Å²) in [6.45, 7) is 2.49. The highest BCUT2D eigenvalue weighted by molar-refractivity contribution is 7.98. The minimum absolute atomic E-state index is 0.198. The van der Waals surface area contributed by atoms with E-state index in [0.717, 1.165) is 12.1 Å². The van der Waals surface area contributed by atoms with Crippen molar-refractivity contribution >= 4 is 11.8 Å². The fourth-order valence-electron chi connectivity index (χ4n) is 2.55. The number of benzene rings is 2. The molecule has 0 unspecified atom stereocenters. The van der Waals surface area contributed by atoms with E-state index in [0.29, 0.717) is 39.8 Å². The lowest BCUT2D eigenvalue weighted by molar-refractivity contribution is -0.137. The van der Waals surface area contributed by atoms with Gasteiger partial charge in [-0.05, 0) is 31.2 Å². The molecule has 0 spiro atoms. The van der Waals surface area contributed by atoms with Crippen molar-refractivity contribution in [2.75, 3.05) is 6.61 Å². The summed E-state index contributed by atoms with van der Waals surface area (Å²) in [5.41, 5.74) is 0.942. The summed E-state index contributed by atoms with van der Waals surface area (Å²) >= 11 is 1.26. The molecule has 0 N–H and O–H groups in total. The number of hydrogen-bond donors (Lipinski definition) is 0. The highest BCUT2D eigenvalue weighted by atomic mass is 32.2. The first kappa shape index (κ1) is 20.4. The third-order valence-electron chi connectivity index (χ3n) is 4.00. The first-order valence-electron chi connectivity index (χ1n) is 8.50. The summed E-state index contributed by atoms with van der Waals surface area (Å²) < 4.78 is 63.0. The maximum atomic E-state index is 13.8. The number of ether oxygens (including phenoxy) is 1. The monoisotopic (exact) mass is 411 g/mol. The van der Waals surface area contributed by atoms with E-state index < -0.39 is 11.7 Å². The molecule has 0 bridgehead atoms. The zero-order valence-electron chi connectivity index (χ0n) is 14.9. The Kier molecular flexibility index (Phi) is 6.41. The second-order valence-corrected chi connectivity index (χ2v) is 6.89. The van der Waals surface area contributed by atoms with Crippen LogP contribution in [0.2, 0.25) is 0 Å². The van der Waals surface area contributed by atoms with Gasteiger partial charge in [-0.1, -0.05) is 29.4 Å². The van der Waals surface area contributed by atoms with Crippen LogP contribution in [0.25, 0.3) is 11.3 Å². The molecule has 8 heteroatoms. The van der Waals surface area contributed by atoms with Crippen LogP contribution in [0.15, 0.2) is 57.9 Å². The summed E-state index contributed by atoms with van der Waals surface area (Å²) in [5.74, 6) is 0.365. The molecule has 0 aliphatic carbocycles. The Bertz CT molecular complexity index is 923. The third-order valence-corrected chi connectivity index (χ3v) is 5.06. The molecular weight excluding hydrogens is 394 g/mol. The Labute approximate surface area is 163 Å². The molecule has 148 valence electrons. The molecule has 0 amide bonds. The predicted molar refractivity (Wildman–Crippen MR) is 98.2 cm³/mol. The van der Waals surface area contributed by atoms with Gasteiger partial charge in [0.2, 0.25) is 0 Å². The minimum atomic E-state index is -4.41. The van der Waals surface area contributed by atoms with Crippen molar-refractivity contribution in [2.45, 2.75) is 30.4 Å². The molecule has 0 radical (unpaired) electrons. The molecule has 3 nitrogen and oxygen atoms in total. The Balaban J connectivity index is 1.86. The van der Waals surface area contributed by atoms with Crippen LogP contribution in [0, 0.1) is 5.82 Å². The first-order valence-corrected chi connectivity index (χ1v) is 9.48. The number of alkyl halides is 3. The number of halogens is 4. The third kappa shape index (κ3) is 4.74. The number of rotatable bonds is 7. The van der Waals surface area contributed by atoms with Crippen LogP contribution in [0.4, 0.5) is 17.6 Å². The van der Waals surface area contributed by atoms with E-state index in [-0.39, 0.29) is 12.4 Å². The fourth-order valence-corrected chi connectivity index (χ4v) is 3.45. The molecule has 0 aliphatic rings. The lowest BCUT2D eigenvalue weighted by Crippen LogP contribution is -2.04. The Morgan fingerprint density at radius 3 is 2.43 bits per heavy atom. The van der Waals surface area contributed by atoms with Gasteiger partial charge in [0.05, 0.1) is 17.9 Å². The van der Waals surface area contributed by atoms with Gasteiger partial charge in [-0.2, -0.15) is 13.2 Å². The van der Waals surface area contributed by atoms with Crippen molar-refractivity contribution in [2.24, 2.45) is 0 Å². The zero-order valence-corrected chi connectivity index (χ0v) is 15.7. The fraction of sp³-hybridized carbons (Fsp3) is 0.250. The van der Waals surface area contributed by atoms with Crippen LogP contribution in [0.3, 0.4) is 0 Å². The topological polar surface area (TPSA) is 35.3 Å². The van der Waals surface area contributed by atoms with Gasteiger partial charge in [-0.25, -0.2) is 4.39 Å². The standard InChI is InChI=1S/C20H17F4NO2S/c1-2-26-11-15-17(12-28-18-6-4-3-5-16(18)21)25-27-19(15)13-7-9-14(10-8-13)20(22,23)24/h3-10H,2,11-12H2,1H3. The van der Waals surface area contributed by atoms with Gasteiger partial charge in [0.15, 0.2) is 5.76 Å². The van der Waals surface area contributed by atoms with E-state index in [1.54, 1.807) is 18.2 Å². The maximum Gasteiger partial charge on any atom is 0.416 e. The van der Waals surface area contributed by atoms with Crippen LogP contribution in [0.5, 0.6) is 0 Å². The van der Waals surface area contributed by atoms with Gasteiger partial charge >= 0.3 is 6.18 Å². The summed E-state index contributed by atoms with van der Waals surface area (Å²) in [5, 5.41) is 4.04. The van der Waals surface area contributed by atoms with E-state index in [1.807, 2.05) is 6.92 Å². The Morgan fingerprint density at radius 2 is 1.79 bits per heavy atom. The number of aromatic nitrogens is 1. The quantitative estimate of drug-likeness (QED) is 0.336. The Hall–Kier alpha value is -2.32. The summed E-state index contributed by atoms with van der Waals surface area (Å²) in [6, 6.07) is 11.1. The SMILES string of the molecule is CCOCc1c(CSc2ccccc2F)noc1-c1ccc(C(F)(F)F)cc1. The molecular formula is C20H17F4NO2S. The average Bonchev–Trinajstić information content (AvgIpc) is 3.08. The van der Waals surface area contributed by atoms with Crippen LogP contribution in [-0.2, 0) is 23.3 Å². The second-order valence-electron chi connectivity index (χ2n) is 5.87. The van der Waals surface area contributed by atoms with Crippen LogP contribution >= 0.6 is 11.8 Å². The van der Waals surface area contributed by atoms with Gasteiger partial charge in [-0.15, -0.1) is 11.8 Å². The molecule has 1 aromatic heterocycles. The molecule has 1 heterocycles. The van der Waals surface area contributed by atoms with Gasteiger partial charge in [0.25, 0.3) is 0 Å². The molecule has 0 atom stereocenters. The average molecular weight is 411 g/mol. The predicted octanol–water partition coefficient (Wildman–Crippen LogP) is 6.33. The van der Waals surface area contributed by atoms with E-state index in [9.17, 15) is 17.6 Å². The van der Waals surface area contributed by atoms with Crippen molar-refractivity contribution in [1.82, 2.24) is 5.16 Å². The van der Waals surface area contributed by atoms with Gasteiger partial charge < -0.3 is 9.26 Å². The normalized spacial score (nSPS) is 11.8. The van der Waals surface area contributed by atoms with E-state index in [1.165, 1.54) is 30.0 Å². The molecule has 3 rings (SSSR count). The van der Waals surface area contributed by atoms with E-state index >= 15 is 0 Å². The maximum absolute atomic E-state index is 13.8. The molecule has 2 aromatic carbocycles. The summed E-state index contributed by atoms with van der Waals surface area (Å²) in [6.07, 6.45) is -4.41. The van der Waals surface area contributed by atoms with Crippen molar-refractivity contribution < 1.29 is 26.8 Å². The largest absolute Gasteiger partial charge is 0.416 e. The molecule has 0 saturated carbocycles. The van der Waals surface area contributed by atoms with Crippen LogP contribution in [0.1, 0.15) is 23.7 Å². The highest BCUT2D eigenvalue weighted by Crippen LogP contribution is 2.34. The lowest BCUT2D eigenvalue weighted by Gasteiger charge is -2.08. The van der Waals surface area contributed by atoms with Crippen molar-refractivity contribution in [3.8, 4) is 11.3 Å². The minimum Gasteiger partial charge on any atom is -0.377 e. The first-order chi connectivity index (χ1) is 13.4. The molecule has 0 saturated heterocycles. The van der Waals surface area contributed by atoms with Crippen molar-refractivity contribution in [1.29, 1.82) is 0 Å². The van der Waals surface area contributed by atoms with E-state index in [4.69, 9.17) is 9.26 Å². The number of thioether (sulfide) groups is 1.